The molecule has 0 fully saturated rings. The number of halogens is 1. The molecule has 1 aromatic heterocycles. The number of aromatic nitrogens is 2. The number of hydrogen-bond donors (Lipinski definition) is 1. The first kappa shape index (κ1) is 16.6. The lowest BCUT2D eigenvalue weighted by molar-refractivity contribution is 0.474. The Morgan fingerprint density at radius 2 is 2.12 bits per heavy atom. The molecule has 2 heterocycles. The average Bonchev–Trinajstić information content (AvgIpc) is 2.68. The third kappa shape index (κ3) is 3.45. The Morgan fingerprint density at radius 3 is 2.88 bits per heavy atom. The SMILES string of the molecule is CC1=Nc2ccc(-c3nc(N)ncc3F)cc2CCC1CC(C)C. The Labute approximate surface area is 142 Å². The maximum absolute atomic E-state index is 14.0. The number of benzene rings is 1. The van der Waals surface area contributed by atoms with Gasteiger partial charge in [-0.2, -0.15) is 0 Å². The molecular formula is C19H23FN4. The fourth-order valence-electron chi connectivity index (χ4n) is 3.30. The largest absolute Gasteiger partial charge is 0.368 e. The van der Waals surface area contributed by atoms with E-state index in [1.165, 1.54) is 5.71 Å². The number of nitrogens with zero attached hydrogens (tertiary/aromatic N) is 3. The molecule has 0 saturated heterocycles. The van der Waals surface area contributed by atoms with Crippen molar-refractivity contribution in [3.05, 3.63) is 35.8 Å². The van der Waals surface area contributed by atoms with Gasteiger partial charge in [-0.25, -0.2) is 14.4 Å². The maximum Gasteiger partial charge on any atom is 0.220 e. The molecule has 126 valence electrons. The van der Waals surface area contributed by atoms with Crippen LogP contribution in [0.3, 0.4) is 0 Å². The second-order valence-electron chi connectivity index (χ2n) is 6.89. The Bertz CT molecular complexity index is 783. The number of nitrogen functional groups attached to an aromatic ring is 1. The van der Waals surface area contributed by atoms with E-state index in [9.17, 15) is 4.39 Å². The number of anilines is 1. The number of hydrogen-bond acceptors (Lipinski definition) is 4. The normalized spacial score (nSPS) is 17.4. The van der Waals surface area contributed by atoms with E-state index in [4.69, 9.17) is 10.7 Å². The van der Waals surface area contributed by atoms with Gasteiger partial charge in [0, 0.05) is 11.3 Å². The molecule has 4 nitrogen and oxygen atoms in total. The summed E-state index contributed by atoms with van der Waals surface area (Å²) in [6, 6.07) is 5.78. The van der Waals surface area contributed by atoms with Crippen LogP contribution in [0.5, 0.6) is 0 Å². The highest BCUT2D eigenvalue weighted by molar-refractivity contribution is 5.88. The van der Waals surface area contributed by atoms with Crippen molar-refractivity contribution in [1.29, 1.82) is 0 Å². The number of fused-ring (bicyclic) bond motifs is 1. The number of aryl methyl sites for hydroxylation is 1. The first-order chi connectivity index (χ1) is 11.4. The predicted molar refractivity (Wildman–Crippen MR) is 95.9 cm³/mol. The summed E-state index contributed by atoms with van der Waals surface area (Å²) in [5.41, 5.74) is 9.86. The zero-order chi connectivity index (χ0) is 17.3. The minimum Gasteiger partial charge on any atom is -0.368 e. The molecule has 1 atom stereocenters. The lowest BCUT2D eigenvalue weighted by atomic mass is 9.89. The molecule has 0 bridgehead atoms. The van der Waals surface area contributed by atoms with Gasteiger partial charge >= 0.3 is 0 Å². The molecule has 1 aromatic carbocycles. The summed E-state index contributed by atoms with van der Waals surface area (Å²) in [6.07, 6.45) is 4.26. The van der Waals surface area contributed by atoms with Crippen LogP contribution < -0.4 is 5.73 Å². The molecule has 3 rings (SSSR count). The summed E-state index contributed by atoms with van der Waals surface area (Å²) in [5, 5.41) is 0. The minimum absolute atomic E-state index is 0.0761. The predicted octanol–water partition coefficient (Wildman–Crippen LogP) is 4.57. The van der Waals surface area contributed by atoms with E-state index >= 15 is 0 Å². The van der Waals surface area contributed by atoms with Crippen molar-refractivity contribution < 1.29 is 4.39 Å². The molecule has 24 heavy (non-hydrogen) atoms. The highest BCUT2D eigenvalue weighted by atomic mass is 19.1. The van der Waals surface area contributed by atoms with Gasteiger partial charge in [0.2, 0.25) is 5.95 Å². The Hall–Kier alpha value is -2.30. The van der Waals surface area contributed by atoms with Crippen LogP contribution in [-0.2, 0) is 6.42 Å². The molecular weight excluding hydrogens is 303 g/mol. The number of aliphatic imine (C=N–C) groups is 1. The lowest BCUT2D eigenvalue weighted by Gasteiger charge is -2.16. The molecule has 0 radical (unpaired) electrons. The molecule has 1 aliphatic heterocycles. The van der Waals surface area contributed by atoms with E-state index in [0.29, 0.717) is 11.8 Å². The average molecular weight is 326 g/mol. The highest BCUT2D eigenvalue weighted by Gasteiger charge is 2.20. The summed E-state index contributed by atoms with van der Waals surface area (Å²) < 4.78 is 14.0. The third-order valence-corrected chi connectivity index (χ3v) is 4.52. The molecule has 0 aliphatic carbocycles. The first-order valence-electron chi connectivity index (χ1n) is 8.40. The summed E-state index contributed by atoms with van der Waals surface area (Å²) in [4.78, 5) is 12.5. The summed E-state index contributed by atoms with van der Waals surface area (Å²) >= 11 is 0. The van der Waals surface area contributed by atoms with Gasteiger partial charge in [-0.15, -0.1) is 0 Å². The van der Waals surface area contributed by atoms with E-state index < -0.39 is 5.82 Å². The molecule has 2 aromatic rings. The van der Waals surface area contributed by atoms with Crippen LogP contribution >= 0.6 is 0 Å². The van der Waals surface area contributed by atoms with Crippen molar-refractivity contribution in [2.24, 2.45) is 16.8 Å². The fourth-order valence-corrected chi connectivity index (χ4v) is 3.30. The first-order valence-corrected chi connectivity index (χ1v) is 8.40. The van der Waals surface area contributed by atoms with Crippen LogP contribution in [0.25, 0.3) is 11.3 Å². The van der Waals surface area contributed by atoms with Crippen LogP contribution in [0, 0.1) is 17.7 Å². The van der Waals surface area contributed by atoms with Gasteiger partial charge in [0.15, 0.2) is 5.82 Å². The third-order valence-electron chi connectivity index (χ3n) is 4.52. The summed E-state index contributed by atoms with van der Waals surface area (Å²) in [5.74, 6) is 0.768. The zero-order valence-corrected chi connectivity index (χ0v) is 14.4. The monoisotopic (exact) mass is 326 g/mol. The van der Waals surface area contributed by atoms with Gasteiger partial charge in [0.25, 0.3) is 0 Å². The van der Waals surface area contributed by atoms with Crippen molar-refractivity contribution >= 4 is 17.3 Å². The van der Waals surface area contributed by atoms with Crippen molar-refractivity contribution in [3.63, 3.8) is 0 Å². The van der Waals surface area contributed by atoms with Crippen molar-refractivity contribution in [1.82, 2.24) is 9.97 Å². The summed E-state index contributed by atoms with van der Waals surface area (Å²) in [7, 11) is 0. The van der Waals surface area contributed by atoms with Crippen LogP contribution in [0.2, 0.25) is 0 Å². The van der Waals surface area contributed by atoms with Gasteiger partial charge in [-0.3, -0.25) is 4.99 Å². The second-order valence-corrected chi connectivity index (χ2v) is 6.89. The molecule has 5 heteroatoms. The molecule has 1 unspecified atom stereocenters. The van der Waals surface area contributed by atoms with E-state index in [2.05, 4.69) is 30.7 Å². The van der Waals surface area contributed by atoms with Gasteiger partial charge in [-0.05, 0) is 55.7 Å². The van der Waals surface area contributed by atoms with Crippen LogP contribution in [0.15, 0.2) is 29.4 Å². The quantitative estimate of drug-likeness (QED) is 0.899. The van der Waals surface area contributed by atoms with Crippen LogP contribution in [0.4, 0.5) is 16.0 Å². The zero-order valence-electron chi connectivity index (χ0n) is 14.4. The number of rotatable bonds is 3. The van der Waals surface area contributed by atoms with Gasteiger partial charge < -0.3 is 5.73 Å². The minimum atomic E-state index is -0.463. The molecule has 1 aliphatic rings. The lowest BCUT2D eigenvalue weighted by Crippen LogP contribution is -2.13. The maximum atomic E-state index is 14.0. The molecule has 0 spiro atoms. The van der Waals surface area contributed by atoms with Crippen LogP contribution in [-0.4, -0.2) is 15.7 Å². The standard InChI is InChI=1S/C19H23FN4/c1-11(2)8-13-4-5-14-9-15(6-7-17(14)23-12(13)3)18-16(20)10-22-19(21)24-18/h6-7,9-11,13H,4-5,8H2,1-3H3,(H2,21,22,24). The Balaban J connectivity index is 1.95. The van der Waals surface area contributed by atoms with Crippen molar-refractivity contribution in [2.45, 2.75) is 40.0 Å². The Morgan fingerprint density at radius 1 is 1.33 bits per heavy atom. The fraction of sp³-hybridized carbons (Fsp3) is 0.421. The highest BCUT2D eigenvalue weighted by Crippen LogP contribution is 2.33. The van der Waals surface area contributed by atoms with E-state index in [1.807, 2.05) is 18.2 Å². The number of nitrogens with two attached hydrogens (primary N) is 1. The smallest absolute Gasteiger partial charge is 0.220 e. The van der Waals surface area contributed by atoms with E-state index in [-0.39, 0.29) is 11.6 Å². The van der Waals surface area contributed by atoms with Crippen molar-refractivity contribution in [2.75, 3.05) is 5.73 Å². The summed E-state index contributed by atoms with van der Waals surface area (Å²) in [6.45, 7) is 6.60. The van der Waals surface area contributed by atoms with Gasteiger partial charge in [-0.1, -0.05) is 19.9 Å². The van der Waals surface area contributed by atoms with Crippen LogP contribution in [0.1, 0.15) is 39.2 Å². The molecule has 0 amide bonds. The second kappa shape index (κ2) is 6.67. The topological polar surface area (TPSA) is 64.2 Å². The molecule has 2 N–H and O–H groups in total. The molecule has 0 saturated carbocycles. The van der Waals surface area contributed by atoms with Crippen molar-refractivity contribution in [3.8, 4) is 11.3 Å². The van der Waals surface area contributed by atoms with E-state index in [1.54, 1.807) is 0 Å². The van der Waals surface area contributed by atoms with E-state index in [0.717, 1.165) is 42.3 Å². The van der Waals surface area contributed by atoms with Gasteiger partial charge in [0.1, 0.15) is 5.69 Å². The Kier molecular flexibility index (Phi) is 4.60. The van der Waals surface area contributed by atoms with Gasteiger partial charge in [0.05, 0.1) is 11.9 Å².